The van der Waals surface area contributed by atoms with Crippen LogP contribution in [0.2, 0.25) is 0 Å². The maximum atomic E-state index is 5.14. The van der Waals surface area contributed by atoms with Crippen molar-refractivity contribution in [3.05, 3.63) is 0 Å². The zero-order valence-corrected chi connectivity index (χ0v) is 10.5. The molecule has 13 heavy (non-hydrogen) atoms. The summed E-state index contributed by atoms with van der Waals surface area (Å²) in [6, 6.07) is 0. The van der Waals surface area contributed by atoms with E-state index < -0.39 is 0 Å². The van der Waals surface area contributed by atoms with Crippen LogP contribution in [0.15, 0.2) is 0 Å². The normalized spacial score (nSPS) is 29.1. The zero-order chi connectivity index (χ0) is 10.3. The molecule has 2 nitrogen and oxygen atoms in total. The summed E-state index contributed by atoms with van der Waals surface area (Å²) in [5, 5.41) is 0. The number of hydrogen-bond donors (Lipinski definition) is 2. The summed E-state index contributed by atoms with van der Waals surface area (Å²) in [5.41, 5.74) is 0.135. The van der Waals surface area contributed by atoms with Crippen molar-refractivity contribution in [1.82, 2.24) is 4.31 Å². The van der Waals surface area contributed by atoms with Crippen molar-refractivity contribution in [2.75, 3.05) is 0 Å². The lowest BCUT2D eigenvalue weighted by Crippen LogP contribution is -2.57. The van der Waals surface area contributed by atoms with Crippen LogP contribution in [0.5, 0.6) is 0 Å². The number of hydrogen-bond acceptors (Lipinski definition) is 4. The van der Waals surface area contributed by atoms with Crippen molar-refractivity contribution >= 4 is 25.7 Å². The molecule has 0 aromatic heterocycles. The second kappa shape index (κ2) is 3.65. The van der Waals surface area contributed by atoms with Crippen molar-refractivity contribution in [1.29, 1.82) is 0 Å². The molecule has 78 valence electrons. The molecule has 1 aliphatic rings. The standard InChI is InChI=1S/C9H19NOS2/c1-8(2)5-7(11-13)6-9(3,4)10(8)12/h7,12-13H,5-6H2,1-4H3. The Bertz CT molecular complexity index is 176. The van der Waals surface area contributed by atoms with Crippen LogP contribution in [0.25, 0.3) is 0 Å². The molecule has 0 atom stereocenters. The van der Waals surface area contributed by atoms with Crippen molar-refractivity contribution in [3.8, 4) is 0 Å². The van der Waals surface area contributed by atoms with Gasteiger partial charge in [-0.25, -0.2) is 4.31 Å². The summed E-state index contributed by atoms with van der Waals surface area (Å²) >= 11 is 8.46. The predicted molar refractivity (Wildman–Crippen MR) is 62.1 cm³/mol. The smallest absolute Gasteiger partial charge is 0.0754 e. The van der Waals surface area contributed by atoms with Gasteiger partial charge < -0.3 is 4.18 Å². The topological polar surface area (TPSA) is 12.5 Å². The molecule has 0 radical (unpaired) electrons. The molecule has 4 heteroatoms. The van der Waals surface area contributed by atoms with Crippen molar-refractivity contribution in [2.45, 2.75) is 57.7 Å². The molecule has 0 aromatic rings. The number of nitrogens with zero attached hydrogens (tertiary/aromatic N) is 1. The fourth-order valence-corrected chi connectivity index (χ4v) is 2.57. The third-order valence-corrected chi connectivity index (χ3v) is 4.13. The highest BCUT2D eigenvalue weighted by Gasteiger charge is 2.44. The summed E-state index contributed by atoms with van der Waals surface area (Å²) in [4.78, 5) is 0. The van der Waals surface area contributed by atoms with Crippen molar-refractivity contribution in [3.63, 3.8) is 0 Å². The second-order valence-corrected chi connectivity index (χ2v) is 5.68. The van der Waals surface area contributed by atoms with Crippen LogP contribution >= 0.6 is 25.7 Å². The van der Waals surface area contributed by atoms with E-state index in [4.69, 9.17) is 4.18 Å². The monoisotopic (exact) mass is 221 g/mol. The summed E-state index contributed by atoms with van der Waals surface area (Å²) in [7, 11) is 0. The molecule has 0 bridgehead atoms. The lowest BCUT2D eigenvalue weighted by molar-refractivity contribution is 0.00175. The molecule has 1 saturated heterocycles. The second-order valence-electron chi connectivity index (χ2n) is 5.07. The SMILES string of the molecule is CC1(C)CC(OS)CC(C)(C)N1S. The summed E-state index contributed by atoms with van der Waals surface area (Å²) in [6.45, 7) is 8.73. The molecule has 0 amide bonds. The summed E-state index contributed by atoms with van der Waals surface area (Å²) in [6.07, 6.45) is 2.18. The third-order valence-electron chi connectivity index (χ3n) is 2.75. The Balaban J connectivity index is 2.82. The van der Waals surface area contributed by atoms with Crippen LogP contribution in [0.4, 0.5) is 0 Å². The van der Waals surface area contributed by atoms with Gasteiger partial charge in [0.25, 0.3) is 0 Å². The Labute approximate surface area is 92.2 Å². The van der Waals surface area contributed by atoms with E-state index in [0.717, 1.165) is 12.8 Å². The van der Waals surface area contributed by atoms with Gasteiger partial charge in [-0.1, -0.05) is 12.8 Å². The molecule has 1 aliphatic heterocycles. The molecule has 1 rings (SSSR count). The van der Waals surface area contributed by atoms with Gasteiger partial charge in [0.1, 0.15) is 0 Å². The Morgan fingerprint density at radius 1 is 1.15 bits per heavy atom. The first-order valence-electron chi connectivity index (χ1n) is 4.59. The molecule has 0 N–H and O–H groups in total. The Hall–Kier alpha value is 0.620. The van der Waals surface area contributed by atoms with E-state index in [0.29, 0.717) is 0 Å². The van der Waals surface area contributed by atoms with Gasteiger partial charge in [0.15, 0.2) is 0 Å². The largest absolute Gasteiger partial charge is 0.315 e. The number of rotatable bonds is 1. The molecule has 0 unspecified atom stereocenters. The van der Waals surface area contributed by atoms with Crippen LogP contribution in [0.3, 0.4) is 0 Å². The van der Waals surface area contributed by atoms with E-state index in [1.54, 1.807) is 0 Å². The van der Waals surface area contributed by atoms with Gasteiger partial charge in [0.05, 0.1) is 6.10 Å². The van der Waals surface area contributed by atoms with Gasteiger partial charge in [-0.15, -0.1) is 0 Å². The average molecular weight is 221 g/mol. The quantitative estimate of drug-likeness (QED) is 0.522. The summed E-state index contributed by atoms with van der Waals surface area (Å²) < 4.78 is 7.27. The van der Waals surface area contributed by atoms with Crippen molar-refractivity contribution < 1.29 is 4.18 Å². The predicted octanol–water partition coefficient (Wildman–Crippen LogP) is 2.71. The Morgan fingerprint density at radius 2 is 1.54 bits per heavy atom. The van der Waals surface area contributed by atoms with Gasteiger partial charge in [-0.2, -0.15) is 0 Å². The number of thiol groups is 2. The Morgan fingerprint density at radius 3 is 1.85 bits per heavy atom. The van der Waals surface area contributed by atoms with E-state index in [2.05, 4.69) is 57.7 Å². The molecule has 1 fully saturated rings. The molecular weight excluding hydrogens is 202 g/mol. The minimum Gasteiger partial charge on any atom is -0.315 e. The molecule has 1 heterocycles. The fourth-order valence-electron chi connectivity index (χ4n) is 2.25. The molecular formula is C9H19NOS2. The molecule has 0 spiro atoms. The minimum absolute atomic E-state index is 0.0677. The molecule has 0 aliphatic carbocycles. The first-order valence-corrected chi connectivity index (χ1v) is 5.35. The first-order chi connectivity index (χ1) is 5.79. The van der Waals surface area contributed by atoms with Crippen LogP contribution in [-0.4, -0.2) is 21.5 Å². The maximum Gasteiger partial charge on any atom is 0.0754 e. The van der Waals surface area contributed by atoms with Gasteiger partial charge >= 0.3 is 0 Å². The highest BCUT2D eigenvalue weighted by atomic mass is 32.1. The van der Waals surface area contributed by atoms with Crippen LogP contribution in [0, 0.1) is 0 Å². The first kappa shape index (κ1) is 11.7. The highest BCUT2D eigenvalue weighted by Crippen LogP contribution is 2.40. The average Bonchev–Trinajstić information content (AvgIpc) is 1.99. The maximum absolute atomic E-state index is 5.14. The van der Waals surface area contributed by atoms with E-state index in [1.165, 1.54) is 0 Å². The van der Waals surface area contributed by atoms with E-state index >= 15 is 0 Å². The van der Waals surface area contributed by atoms with E-state index in [1.807, 2.05) is 0 Å². The van der Waals surface area contributed by atoms with Crippen molar-refractivity contribution in [2.24, 2.45) is 0 Å². The van der Waals surface area contributed by atoms with Gasteiger partial charge in [-0.3, -0.25) is 0 Å². The van der Waals surface area contributed by atoms with Gasteiger partial charge in [0.2, 0.25) is 0 Å². The van der Waals surface area contributed by atoms with Crippen LogP contribution < -0.4 is 0 Å². The van der Waals surface area contributed by atoms with Crippen LogP contribution in [0.1, 0.15) is 40.5 Å². The lowest BCUT2D eigenvalue weighted by atomic mass is 9.81. The molecule has 0 saturated carbocycles. The Kier molecular flexibility index (Phi) is 3.28. The van der Waals surface area contributed by atoms with Crippen LogP contribution in [-0.2, 0) is 4.18 Å². The lowest BCUT2D eigenvalue weighted by Gasteiger charge is -2.51. The third kappa shape index (κ3) is 2.35. The number of piperidine rings is 1. The highest BCUT2D eigenvalue weighted by molar-refractivity contribution is 7.77. The van der Waals surface area contributed by atoms with E-state index in [-0.39, 0.29) is 17.2 Å². The zero-order valence-electron chi connectivity index (χ0n) is 8.74. The minimum atomic E-state index is 0.0677. The van der Waals surface area contributed by atoms with Gasteiger partial charge in [-0.05, 0) is 53.4 Å². The fraction of sp³-hybridized carbons (Fsp3) is 1.00. The summed E-state index contributed by atoms with van der Waals surface area (Å²) in [5.74, 6) is 0. The van der Waals surface area contributed by atoms with E-state index in [9.17, 15) is 0 Å². The van der Waals surface area contributed by atoms with Gasteiger partial charge in [0, 0.05) is 11.1 Å². The molecule has 0 aromatic carbocycles.